The normalized spacial score (nSPS) is 19.0. The van der Waals surface area contributed by atoms with Gasteiger partial charge in [0.25, 0.3) is 5.56 Å². The average molecular weight is 409 g/mol. The second-order valence-corrected chi connectivity index (χ2v) is 7.31. The number of phenols is 1. The molecule has 0 saturated carbocycles. The Morgan fingerprint density at radius 3 is 3.07 bits per heavy atom. The standard InChI is InChI=1S/C19H19N7O4/c1-10-7-21-26-16(10)18(28)25(19(20)23-26)8-15-22-17(24-30-15)12-6-14(29-9-12)11-3-2-4-13(27)5-11/h2-5,7,12,14,27H,6,8-9H2,1H3,(H2,20,23)/t12-,14+/m0/s1. The molecule has 154 valence electrons. The molecule has 3 N–H and O–H groups in total. The van der Waals surface area contributed by atoms with E-state index in [1.165, 1.54) is 9.20 Å². The van der Waals surface area contributed by atoms with Crippen LogP contribution in [0.15, 0.2) is 39.8 Å². The van der Waals surface area contributed by atoms with Gasteiger partial charge in [0.15, 0.2) is 11.3 Å². The van der Waals surface area contributed by atoms with Crippen molar-refractivity contribution in [2.45, 2.75) is 31.9 Å². The van der Waals surface area contributed by atoms with Crippen LogP contribution in [0.1, 0.15) is 41.3 Å². The van der Waals surface area contributed by atoms with Crippen LogP contribution in [0.25, 0.3) is 5.52 Å². The molecule has 1 fully saturated rings. The lowest BCUT2D eigenvalue weighted by Gasteiger charge is -2.09. The zero-order valence-corrected chi connectivity index (χ0v) is 16.1. The molecule has 1 aliphatic heterocycles. The average Bonchev–Trinajstić information content (AvgIpc) is 3.45. The Balaban J connectivity index is 1.36. The van der Waals surface area contributed by atoms with Crippen molar-refractivity contribution in [3.05, 3.63) is 63.7 Å². The molecule has 0 aliphatic carbocycles. The summed E-state index contributed by atoms with van der Waals surface area (Å²) in [5, 5.41) is 21.8. The number of anilines is 1. The highest BCUT2D eigenvalue weighted by atomic mass is 16.5. The summed E-state index contributed by atoms with van der Waals surface area (Å²) in [7, 11) is 0. The van der Waals surface area contributed by atoms with Crippen LogP contribution in [-0.2, 0) is 11.3 Å². The van der Waals surface area contributed by atoms with E-state index in [4.69, 9.17) is 15.0 Å². The van der Waals surface area contributed by atoms with Crippen molar-refractivity contribution >= 4 is 11.5 Å². The van der Waals surface area contributed by atoms with Gasteiger partial charge in [0, 0.05) is 11.5 Å². The molecule has 11 nitrogen and oxygen atoms in total. The highest BCUT2D eigenvalue weighted by molar-refractivity contribution is 5.51. The van der Waals surface area contributed by atoms with Crippen molar-refractivity contribution in [1.82, 2.24) is 29.5 Å². The topological polar surface area (TPSA) is 147 Å². The molecular weight excluding hydrogens is 390 g/mol. The van der Waals surface area contributed by atoms with E-state index < -0.39 is 0 Å². The first kappa shape index (κ1) is 18.3. The van der Waals surface area contributed by atoms with Crippen molar-refractivity contribution in [2.75, 3.05) is 12.3 Å². The fraction of sp³-hybridized carbons (Fsp3) is 0.316. The van der Waals surface area contributed by atoms with E-state index in [9.17, 15) is 9.90 Å². The smallest absolute Gasteiger partial charge is 0.281 e. The van der Waals surface area contributed by atoms with Crippen molar-refractivity contribution in [1.29, 1.82) is 0 Å². The van der Waals surface area contributed by atoms with E-state index >= 15 is 0 Å². The first-order valence-electron chi connectivity index (χ1n) is 9.43. The lowest BCUT2D eigenvalue weighted by atomic mass is 10.00. The summed E-state index contributed by atoms with van der Waals surface area (Å²) >= 11 is 0. The lowest BCUT2D eigenvalue weighted by Crippen LogP contribution is -2.28. The van der Waals surface area contributed by atoms with Gasteiger partial charge in [-0.3, -0.25) is 9.36 Å². The maximum absolute atomic E-state index is 12.8. The molecule has 2 atom stereocenters. The van der Waals surface area contributed by atoms with E-state index in [-0.39, 0.29) is 41.7 Å². The number of fused-ring (bicyclic) bond motifs is 1. The number of rotatable bonds is 4. The van der Waals surface area contributed by atoms with Crippen LogP contribution in [0.4, 0.5) is 5.95 Å². The van der Waals surface area contributed by atoms with Crippen molar-refractivity contribution in [2.24, 2.45) is 0 Å². The number of hydrogen-bond acceptors (Lipinski definition) is 9. The molecule has 0 bridgehead atoms. The summed E-state index contributed by atoms with van der Waals surface area (Å²) < 4.78 is 13.7. The van der Waals surface area contributed by atoms with E-state index in [1.54, 1.807) is 31.3 Å². The Morgan fingerprint density at radius 1 is 1.37 bits per heavy atom. The number of aromatic nitrogens is 6. The summed E-state index contributed by atoms with van der Waals surface area (Å²) in [6.07, 6.45) is 2.06. The number of nitrogens with two attached hydrogens (primary N) is 1. The molecule has 1 saturated heterocycles. The fourth-order valence-corrected chi connectivity index (χ4v) is 3.68. The Bertz CT molecular complexity index is 1290. The third kappa shape index (κ3) is 3.08. The first-order chi connectivity index (χ1) is 14.5. The minimum atomic E-state index is -0.328. The Labute approximate surface area is 169 Å². The monoisotopic (exact) mass is 409 g/mol. The fourth-order valence-electron chi connectivity index (χ4n) is 3.68. The van der Waals surface area contributed by atoms with Gasteiger partial charge in [0.1, 0.15) is 12.3 Å². The zero-order chi connectivity index (χ0) is 20.8. The largest absolute Gasteiger partial charge is 0.508 e. The third-order valence-electron chi connectivity index (χ3n) is 5.24. The van der Waals surface area contributed by atoms with Crippen LogP contribution in [-0.4, -0.2) is 41.2 Å². The van der Waals surface area contributed by atoms with Crippen LogP contribution in [0.2, 0.25) is 0 Å². The SMILES string of the molecule is Cc1cnn2nc(N)n(Cc3nc([C@@H]4CO[C@@H](c5cccc(O)c5)C4)no3)c(=O)c12. The predicted molar refractivity (Wildman–Crippen MR) is 104 cm³/mol. The predicted octanol–water partition coefficient (Wildman–Crippen LogP) is 1.16. The van der Waals surface area contributed by atoms with E-state index in [0.29, 0.717) is 29.9 Å². The first-order valence-corrected chi connectivity index (χ1v) is 9.43. The molecule has 1 aromatic carbocycles. The summed E-state index contributed by atoms with van der Waals surface area (Å²) in [4.78, 5) is 17.2. The molecular formula is C19H19N7O4. The molecule has 30 heavy (non-hydrogen) atoms. The van der Waals surface area contributed by atoms with Crippen molar-refractivity contribution < 1.29 is 14.4 Å². The van der Waals surface area contributed by atoms with Gasteiger partial charge < -0.3 is 20.1 Å². The molecule has 0 amide bonds. The van der Waals surface area contributed by atoms with Gasteiger partial charge in [-0.1, -0.05) is 17.3 Å². The molecule has 11 heteroatoms. The Morgan fingerprint density at radius 2 is 2.23 bits per heavy atom. The van der Waals surface area contributed by atoms with Crippen LogP contribution >= 0.6 is 0 Å². The van der Waals surface area contributed by atoms with Crippen LogP contribution in [0.3, 0.4) is 0 Å². The summed E-state index contributed by atoms with van der Waals surface area (Å²) in [6, 6.07) is 6.99. The highest BCUT2D eigenvalue weighted by Crippen LogP contribution is 2.37. The van der Waals surface area contributed by atoms with Crippen molar-refractivity contribution in [3.63, 3.8) is 0 Å². The zero-order valence-electron chi connectivity index (χ0n) is 16.1. The number of nitrogens with zero attached hydrogens (tertiary/aromatic N) is 6. The van der Waals surface area contributed by atoms with Crippen molar-refractivity contribution in [3.8, 4) is 5.75 Å². The maximum atomic E-state index is 12.8. The summed E-state index contributed by atoms with van der Waals surface area (Å²) in [6.45, 7) is 2.22. The highest BCUT2D eigenvalue weighted by Gasteiger charge is 2.31. The Hall–Kier alpha value is -3.73. The Kier molecular flexibility index (Phi) is 4.24. The molecule has 4 aromatic rings. The van der Waals surface area contributed by atoms with Crippen LogP contribution in [0, 0.1) is 6.92 Å². The van der Waals surface area contributed by atoms with Gasteiger partial charge in [0.05, 0.1) is 18.9 Å². The second kappa shape index (κ2) is 6.95. The number of ether oxygens (including phenoxy) is 1. The van der Waals surface area contributed by atoms with Gasteiger partial charge in [-0.05, 0) is 31.0 Å². The van der Waals surface area contributed by atoms with Gasteiger partial charge >= 0.3 is 0 Å². The van der Waals surface area contributed by atoms with Gasteiger partial charge in [-0.25, -0.2) is 0 Å². The molecule has 0 radical (unpaired) electrons. The number of nitrogen functional groups attached to an aromatic ring is 1. The van der Waals surface area contributed by atoms with Gasteiger partial charge in [-0.15, -0.1) is 9.73 Å². The number of aromatic hydroxyl groups is 1. The molecule has 3 aromatic heterocycles. The van der Waals surface area contributed by atoms with Gasteiger partial charge in [0.2, 0.25) is 11.8 Å². The minimum absolute atomic E-state index is 0.00324. The summed E-state index contributed by atoms with van der Waals surface area (Å²) in [5.41, 5.74) is 7.55. The summed E-state index contributed by atoms with van der Waals surface area (Å²) in [5.74, 6) is 0.908. The number of benzene rings is 1. The number of hydrogen-bond donors (Lipinski definition) is 2. The molecule has 0 spiro atoms. The minimum Gasteiger partial charge on any atom is -0.508 e. The maximum Gasteiger partial charge on any atom is 0.281 e. The third-order valence-corrected chi connectivity index (χ3v) is 5.24. The van der Waals surface area contributed by atoms with E-state index in [1.807, 2.05) is 6.07 Å². The van der Waals surface area contributed by atoms with E-state index in [2.05, 4.69) is 20.3 Å². The van der Waals surface area contributed by atoms with E-state index in [0.717, 1.165) is 5.56 Å². The molecule has 4 heterocycles. The van der Waals surface area contributed by atoms with Gasteiger partial charge in [-0.2, -0.15) is 10.1 Å². The molecule has 5 rings (SSSR count). The quantitative estimate of drug-likeness (QED) is 0.507. The van der Waals surface area contributed by atoms with Crippen LogP contribution in [0.5, 0.6) is 5.75 Å². The number of phenolic OH excluding ortho intramolecular Hbond substituents is 1. The molecule has 0 unspecified atom stereocenters. The lowest BCUT2D eigenvalue weighted by molar-refractivity contribution is 0.110. The number of aryl methyl sites for hydroxylation is 1. The van der Waals surface area contributed by atoms with Crippen LogP contribution < -0.4 is 11.3 Å². The second-order valence-electron chi connectivity index (χ2n) is 7.31. The molecule has 1 aliphatic rings.